The van der Waals surface area contributed by atoms with E-state index in [1.54, 1.807) is 12.1 Å². The van der Waals surface area contributed by atoms with Crippen LogP contribution < -0.4 is 0 Å². The van der Waals surface area contributed by atoms with Crippen LogP contribution >= 0.6 is 47.2 Å². The zero-order valence-corrected chi connectivity index (χ0v) is 21.6. The summed E-state index contributed by atoms with van der Waals surface area (Å²) < 4.78 is 19.4. The van der Waals surface area contributed by atoms with Crippen molar-refractivity contribution in [3.8, 4) is 0 Å². The van der Waals surface area contributed by atoms with E-state index < -0.39 is 0 Å². The lowest BCUT2D eigenvalue weighted by Crippen LogP contribution is -2.32. The van der Waals surface area contributed by atoms with E-state index in [2.05, 4.69) is 4.90 Å². The molecule has 0 bridgehead atoms. The Hall–Kier alpha value is -2.28. The smallest absolute Gasteiger partial charge is 0.182 e. The molecule has 0 spiro atoms. The van der Waals surface area contributed by atoms with Crippen molar-refractivity contribution in [2.75, 3.05) is 19.8 Å². The van der Waals surface area contributed by atoms with Crippen molar-refractivity contribution in [1.29, 1.82) is 0 Å². The highest BCUT2D eigenvalue weighted by Crippen LogP contribution is 2.27. The van der Waals surface area contributed by atoms with Crippen molar-refractivity contribution in [1.82, 2.24) is 9.80 Å². The fourth-order valence-corrected chi connectivity index (χ4v) is 4.21. The van der Waals surface area contributed by atoms with Gasteiger partial charge < -0.3 is 14.5 Å². The Kier molecular flexibility index (Phi) is 9.84. The highest BCUT2D eigenvalue weighted by atomic mass is 35.5. The average molecular weight is 556 g/mol. The number of carbonyl (C=O) groups is 1. The summed E-state index contributed by atoms with van der Waals surface area (Å²) in [7, 11) is 0. The zero-order chi connectivity index (χ0) is 24.1. The lowest BCUT2D eigenvalue weighted by Gasteiger charge is -2.26. The third-order valence-corrected chi connectivity index (χ3v) is 6.30. The summed E-state index contributed by atoms with van der Waals surface area (Å²) in [5.41, 5.74) is 2.30. The molecule has 0 amide bonds. The second-order valence-electron chi connectivity index (χ2n) is 7.97. The molecular weight excluding hydrogens is 533 g/mol. The molecule has 184 valence electrons. The Morgan fingerprint density at radius 1 is 0.914 bits per heavy atom. The molecule has 1 aliphatic rings. The van der Waals surface area contributed by atoms with E-state index in [1.807, 2.05) is 47.6 Å². The molecule has 4 rings (SSSR count). The summed E-state index contributed by atoms with van der Waals surface area (Å²) in [6.45, 7) is 1.60. The largest absolute Gasteiger partial charge is 0.367 e. The molecule has 1 atom stereocenters. The molecule has 4 nitrogen and oxygen atoms in total. The van der Waals surface area contributed by atoms with Gasteiger partial charge in [0.15, 0.2) is 5.78 Å². The summed E-state index contributed by atoms with van der Waals surface area (Å²) >= 11 is 18.4. The number of hydrogen-bond donors (Lipinski definition) is 0. The number of ether oxygens (including phenoxy) is 1. The minimum atomic E-state index is -0.364. The van der Waals surface area contributed by atoms with Crippen LogP contribution in [-0.2, 0) is 11.3 Å². The maximum atomic E-state index is 13.1. The summed E-state index contributed by atoms with van der Waals surface area (Å²) in [6.07, 6.45) is 3.54. The normalized spacial score (nSPS) is 13.6. The highest BCUT2D eigenvalue weighted by Gasteiger charge is 2.21. The maximum absolute atomic E-state index is 13.1. The van der Waals surface area contributed by atoms with Gasteiger partial charge >= 0.3 is 0 Å². The Bertz CT molecular complexity index is 1170. The first-order chi connectivity index (χ1) is 16.4. The molecule has 9 heteroatoms. The lowest BCUT2D eigenvalue weighted by molar-refractivity contribution is 0.0197. The van der Waals surface area contributed by atoms with E-state index in [1.165, 1.54) is 24.3 Å². The average Bonchev–Trinajstić information content (AvgIpc) is 3.25. The zero-order valence-electron chi connectivity index (χ0n) is 18.5. The van der Waals surface area contributed by atoms with Crippen molar-refractivity contribution >= 4 is 53.0 Å². The minimum absolute atomic E-state index is 0. The molecule has 0 saturated carbocycles. The molecule has 1 unspecified atom stereocenters. The fraction of sp³-hybridized carbons (Fsp3) is 0.192. The predicted octanol–water partition coefficient (Wildman–Crippen LogP) is 7.39. The van der Waals surface area contributed by atoms with Gasteiger partial charge in [0.25, 0.3) is 0 Å². The van der Waals surface area contributed by atoms with E-state index in [4.69, 9.17) is 39.5 Å². The summed E-state index contributed by atoms with van der Waals surface area (Å²) in [5.74, 6) is -0.439. The number of hydrogen-bond acceptors (Lipinski definition) is 4. The van der Waals surface area contributed by atoms with Gasteiger partial charge in [0.2, 0.25) is 0 Å². The molecule has 0 aliphatic carbocycles. The van der Waals surface area contributed by atoms with E-state index in [-0.39, 0.29) is 36.7 Å². The quantitative estimate of drug-likeness (QED) is 0.258. The van der Waals surface area contributed by atoms with Crippen LogP contribution in [0, 0.1) is 5.82 Å². The SMILES string of the molecule is Cl.O=C(CN1C=CN(CC(OCc2ccc(Cl)cc2Cl)c2ccc(Cl)cc2)C1)c1ccc(F)cc1. The summed E-state index contributed by atoms with van der Waals surface area (Å²) in [5, 5.41) is 1.77. The number of Topliss-reactive ketones (excluding diaryl/α,β-unsaturated/α-hetero) is 1. The molecule has 1 aliphatic heterocycles. The number of ketones is 1. The van der Waals surface area contributed by atoms with E-state index >= 15 is 0 Å². The first-order valence-electron chi connectivity index (χ1n) is 10.6. The number of benzene rings is 3. The van der Waals surface area contributed by atoms with Crippen molar-refractivity contribution in [2.45, 2.75) is 12.7 Å². The number of rotatable bonds is 9. The van der Waals surface area contributed by atoms with Gasteiger partial charge in [-0.15, -0.1) is 12.4 Å². The minimum Gasteiger partial charge on any atom is -0.367 e. The van der Waals surface area contributed by atoms with Crippen LogP contribution in [0.15, 0.2) is 79.1 Å². The Labute approximate surface area is 225 Å². The van der Waals surface area contributed by atoms with Crippen molar-refractivity contribution in [2.24, 2.45) is 0 Å². The summed E-state index contributed by atoms with van der Waals surface area (Å²) in [4.78, 5) is 16.5. The standard InChI is InChI=1S/C26H22Cl3FN2O2.ClH/c27-21-6-1-19(2-7-21)26(34-16-20-3-8-22(28)13-24(20)29)15-32-12-11-31(17-32)14-25(33)18-4-9-23(30)10-5-18;/h1-13,26H,14-17H2;1H. The third kappa shape index (κ3) is 7.60. The van der Waals surface area contributed by atoms with E-state index in [9.17, 15) is 9.18 Å². The van der Waals surface area contributed by atoms with Crippen LogP contribution in [0.25, 0.3) is 0 Å². The Morgan fingerprint density at radius 3 is 2.26 bits per heavy atom. The second kappa shape index (κ2) is 12.6. The molecule has 0 aromatic heterocycles. The van der Waals surface area contributed by atoms with E-state index in [0.29, 0.717) is 40.5 Å². The molecule has 1 heterocycles. The highest BCUT2D eigenvalue weighted by molar-refractivity contribution is 6.35. The monoisotopic (exact) mass is 554 g/mol. The van der Waals surface area contributed by atoms with E-state index in [0.717, 1.165) is 11.1 Å². The van der Waals surface area contributed by atoms with Gasteiger partial charge in [-0.3, -0.25) is 4.79 Å². The van der Waals surface area contributed by atoms with Crippen molar-refractivity contribution in [3.05, 3.63) is 117 Å². The Morgan fingerprint density at radius 2 is 1.57 bits per heavy atom. The van der Waals surface area contributed by atoms with Crippen molar-refractivity contribution < 1.29 is 13.9 Å². The van der Waals surface area contributed by atoms with Crippen LogP contribution in [-0.4, -0.2) is 35.3 Å². The van der Waals surface area contributed by atoms with Gasteiger partial charge in [-0.1, -0.05) is 53.0 Å². The van der Waals surface area contributed by atoms with Gasteiger partial charge in [-0.25, -0.2) is 4.39 Å². The van der Waals surface area contributed by atoms with Gasteiger partial charge in [0, 0.05) is 39.6 Å². The number of carbonyl (C=O) groups excluding carboxylic acids is 1. The first kappa shape index (κ1) is 27.3. The molecule has 0 radical (unpaired) electrons. The summed E-state index contributed by atoms with van der Waals surface area (Å²) in [6, 6.07) is 18.4. The molecule has 0 N–H and O–H groups in total. The lowest BCUT2D eigenvalue weighted by atomic mass is 10.1. The van der Waals surface area contributed by atoms with Crippen LogP contribution in [0.2, 0.25) is 15.1 Å². The van der Waals surface area contributed by atoms with Crippen LogP contribution in [0.5, 0.6) is 0 Å². The predicted molar refractivity (Wildman–Crippen MR) is 141 cm³/mol. The molecule has 35 heavy (non-hydrogen) atoms. The van der Waals surface area contributed by atoms with Gasteiger partial charge in [0.05, 0.1) is 19.8 Å². The molecular formula is C26H23Cl4FN2O2. The van der Waals surface area contributed by atoms with Gasteiger partial charge in [0.1, 0.15) is 11.9 Å². The first-order valence-corrected chi connectivity index (χ1v) is 11.8. The van der Waals surface area contributed by atoms with Crippen LogP contribution in [0.3, 0.4) is 0 Å². The molecule has 3 aromatic carbocycles. The molecule has 0 saturated heterocycles. The molecule has 3 aromatic rings. The van der Waals surface area contributed by atoms with Crippen molar-refractivity contribution in [3.63, 3.8) is 0 Å². The molecule has 0 fully saturated rings. The number of nitrogens with zero attached hydrogens (tertiary/aromatic N) is 2. The second-order valence-corrected chi connectivity index (χ2v) is 9.25. The maximum Gasteiger partial charge on any atom is 0.182 e. The van der Waals surface area contributed by atoms with Gasteiger partial charge in [-0.05, 0) is 59.7 Å². The van der Waals surface area contributed by atoms with Crippen LogP contribution in [0.4, 0.5) is 4.39 Å². The van der Waals surface area contributed by atoms with Crippen LogP contribution in [0.1, 0.15) is 27.6 Å². The fourth-order valence-electron chi connectivity index (χ4n) is 3.62. The third-order valence-electron chi connectivity index (χ3n) is 5.46. The van der Waals surface area contributed by atoms with Gasteiger partial charge in [-0.2, -0.15) is 0 Å². The number of halogens is 5. The Balaban J connectivity index is 0.00000342. The topological polar surface area (TPSA) is 32.8 Å².